The zero-order chi connectivity index (χ0) is 12.9. The van der Waals surface area contributed by atoms with Crippen LogP contribution in [0.25, 0.3) is 0 Å². The summed E-state index contributed by atoms with van der Waals surface area (Å²) in [5, 5.41) is 12.3. The van der Waals surface area contributed by atoms with E-state index >= 15 is 0 Å². The second-order valence-corrected chi connectivity index (χ2v) is 4.74. The lowest BCUT2D eigenvalue weighted by molar-refractivity contribution is 0.468. The Morgan fingerprint density at radius 1 is 1.05 bits per heavy atom. The molecule has 0 spiro atoms. The molecule has 0 bridgehead atoms. The zero-order valence-electron chi connectivity index (χ0n) is 9.88. The lowest BCUT2D eigenvalue weighted by Crippen LogP contribution is -1.84. The summed E-state index contributed by atoms with van der Waals surface area (Å²) >= 11 is 1.57. The van der Waals surface area contributed by atoms with Gasteiger partial charge in [-0.25, -0.2) is 4.68 Å². The molecule has 0 N–H and O–H groups in total. The van der Waals surface area contributed by atoms with Gasteiger partial charge in [0.25, 0.3) is 0 Å². The van der Waals surface area contributed by atoms with Crippen LogP contribution < -0.4 is 0 Å². The van der Waals surface area contributed by atoms with Gasteiger partial charge in [-0.1, -0.05) is 30.0 Å². The largest absolute Gasteiger partial charge is 0.448 e. The fraction of sp³-hybridized carbons (Fsp3) is 0. The minimum atomic E-state index is 0.687. The first-order valence-corrected chi connectivity index (χ1v) is 6.43. The topological polar surface area (TPSA) is 56.2 Å². The summed E-state index contributed by atoms with van der Waals surface area (Å²) in [6.45, 7) is 0. The van der Waals surface area contributed by atoms with Crippen molar-refractivity contribution in [3.63, 3.8) is 0 Å². The molecule has 2 aromatic heterocycles. The zero-order valence-corrected chi connectivity index (χ0v) is 10.7. The van der Waals surface area contributed by atoms with E-state index in [-0.39, 0.29) is 0 Å². The van der Waals surface area contributed by atoms with Crippen LogP contribution in [0.4, 0.5) is 0 Å². The molecule has 0 saturated carbocycles. The maximum Gasteiger partial charge on any atom is 0.165 e. The molecule has 0 aliphatic heterocycles. The van der Waals surface area contributed by atoms with E-state index in [4.69, 9.17) is 4.42 Å². The molecule has 3 rings (SSSR count). The van der Waals surface area contributed by atoms with Crippen LogP contribution in [-0.4, -0.2) is 21.1 Å². The Balaban J connectivity index is 1.70. The SMILES string of the molecule is C(=N/n1cnnc1)/c1ccc(Sc2ccccc2)o1. The first-order valence-electron chi connectivity index (χ1n) is 5.62. The Kier molecular flexibility index (Phi) is 3.42. The normalized spacial score (nSPS) is 11.2. The molecule has 1 aromatic carbocycles. The van der Waals surface area contributed by atoms with Gasteiger partial charge in [0.2, 0.25) is 0 Å². The highest BCUT2D eigenvalue weighted by Crippen LogP contribution is 2.28. The second kappa shape index (κ2) is 5.53. The molecule has 19 heavy (non-hydrogen) atoms. The number of rotatable bonds is 4. The van der Waals surface area contributed by atoms with E-state index < -0.39 is 0 Å². The van der Waals surface area contributed by atoms with Gasteiger partial charge >= 0.3 is 0 Å². The standard InChI is InChI=1S/C13H10N4OS/c1-2-4-12(5-3-1)19-13-7-6-11(18-13)8-16-17-9-14-15-10-17/h1-10H/b16-8-. The number of hydrogen-bond acceptors (Lipinski definition) is 5. The van der Waals surface area contributed by atoms with Crippen molar-refractivity contribution in [2.24, 2.45) is 5.10 Å². The monoisotopic (exact) mass is 270 g/mol. The van der Waals surface area contributed by atoms with Crippen molar-refractivity contribution in [1.29, 1.82) is 0 Å². The van der Waals surface area contributed by atoms with E-state index in [2.05, 4.69) is 15.3 Å². The summed E-state index contributed by atoms with van der Waals surface area (Å²) < 4.78 is 7.15. The van der Waals surface area contributed by atoms with Crippen LogP contribution >= 0.6 is 11.8 Å². The summed E-state index contributed by atoms with van der Waals surface area (Å²) in [6, 6.07) is 13.9. The highest BCUT2D eigenvalue weighted by molar-refractivity contribution is 7.99. The van der Waals surface area contributed by atoms with Crippen molar-refractivity contribution >= 4 is 18.0 Å². The maximum atomic E-state index is 5.65. The minimum absolute atomic E-state index is 0.687. The molecule has 3 aromatic rings. The average molecular weight is 270 g/mol. The number of aromatic nitrogens is 3. The third kappa shape index (κ3) is 3.11. The molecule has 2 heterocycles. The molecule has 0 amide bonds. The summed E-state index contributed by atoms with van der Waals surface area (Å²) in [4.78, 5) is 1.14. The van der Waals surface area contributed by atoms with E-state index in [1.165, 1.54) is 17.3 Å². The molecule has 0 aliphatic rings. The second-order valence-electron chi connectivity index (χ2n) is 3.66. The van der Waals surface area contributed by atoms with Crippen molar-refractivity contribution in [2.75, 3.05) is 0 Å². The van der Waals surface area contributed by atoms with E-state index in [0.717, 1.165) is 9.99 Å². The summed E-state index contributed by atoms with van der Waals surface area (Å²) in [5.74, 6) is 0.687. The van der Waals surface area contributed by atoms with Crippen LogP contribution in [0.15, 0.2) is 74.6 Å². The quantitative estimate of drug-likeness (QED) is 0.684. The van der Waals surface area contributed by atoms with Gasteiger partial charge in [-0.15, -0.1) is 10.2 Å². The highest BCUT2D eigenvalue weighted by Gasteiger charge is 2.02. The van der Waals surface area contributed by atoms with Gasteiger partial charge < -0.3 is 4.42 Å². The van der Waals surface area contributed by atoms with Gasteiger partial charge in [0, 0.05) is 4.90 Å². The summed E-state index contributed by atoms with van der Waals surface area (Å²) in [6.07, 6.45) is 4.65. The van der Waals surface area contributed by atoms with E-state index in [1.54, 1.807) is 18.0 Å². The fourth-order valence-corrected chi connectivity index (χ4v) is 2.24. The number of benzene rings is 1. The molecule has 0 fully saturated rings. The average Bonchev–Trinajstić information content (AvgIpc) is 3.09. The van der Waals surface area contributed by atoms with Gasteiger partial charge in [0.15, 0.2) is 5.09 Å². The lowest BCUT2D eigenvalue weighted by atomic mass is 10.4. The fourth-order valence-electron chi connectivity index (χ4n) is 1.44. The van der Waals surface area contributed by atoms with Gasteiger partial charge in [-0.2, -0.15) is 5.10 Å². The Bertz CT molecular complexity index is 661. The van der Waals surface area contributed by atoms with E-state index in [9.17, 15) is 0 Å². The first kappa shape index (κ1) is 11.7. The van der Waals surface area contributed by atoms with E-state index in [1.807, 2.05) is 42.5 Å². The molecule has 0 radical (unpaired) electrons. The lowest BCUT2D eigenvalue weighted by Gasteiger charge is -1.95. The van der Waals surface area contributed by atoms with Gasteiger partial charge in [-0.3, -0.25) is 0 Å². The Morgan fingerprint density at radius 3 is 2.63 bits per heavy atom. The van der Waals surface area contributed by atoms with E-state index in [0.29, 0.717) is 5.76 Å². The molecule has 5 nitrogen and oxygen atoms in total. The Hall–Kier alpha value is -2.34. The van der Waals surface area contributed by atoms with Crippen molar-refractivity contribution in [1.82, 2.24) is 14.9 Å². The maximum absolute atomic E-state index is 5.65. The van der Waals surface area contributed by atoms with Crippen LogP contribution in [0.5, 0.6) is 0 Å². The Labute approximate surface area is 114 Å². The first-order chi connectivity index (χ1) is 9.40. The summed E-state index contributed by atoms with van der Waals surface area (Å²) in [7, 11) is 0. The van der Waals surface area contributed by atoms with Crippen molar-refractivity contribution in [2.45, 2.75) is 9.99 Å². The van der Waals surface area contributed by atoms with Crippen molar-refractivity contribution in [3.05, 3.63) is 60.9 Å². The van der Waals surface area contributed by atoms with Crippen LogP contribution in [0.2, 0.25) is 0 Å². The molecule has 94 valence electrons. The van der Waals surface area contributed by atoms with Crippen molar-refractivity contribution in [3.8, 4) is 0 Å². The Morgan fingerprint density at radius 2 is 1.84 bits per heavy atom. The molecular formula is C13H10N4OS. The van der Waals surface area contributed by atoms with Gasteiger partial charge in [0.1, 0.15) is 18.4 Å². The van der Waals surface area contributed by atoms with Crippen molar-refractivity contribution < 1.29 is 4.42 Å². The molecule has 0 atom stereocenters. The highest BCUT2D eigenvalue weighted by atomic mass is 32.2. The van der Waals surface area contributed by atoms with Gasteiger partial charge in [0.05, 0.1) is 6.21 Å². The molecule has 0 saturated heterocycles. The minimum Gasteiger partial charge on any atom is -0.448 e. The number of furan rings is 1. The third-order valence-electron chi connectivity index (χ3n) is 2.29. The van der Waals surface area contributed by atoms with Crippen LogP contribution in [0, 0.1) is 0 Å². The number of nitrogens with zero attached hydrogens (tertiary/aromatic N) is 4. The molecular weight excluding hydrogens is 260 g/mol. The molecule has 6 heteroatoms. The molecule has 0 aliphatic carbocycles. The third-order valence-corrected chi connectivity index (χ3v) is 3.22. The predicted molar refractivity (Wildman–Crippen MR) is 72.3 cm³/mol. The number of hydrogen-bond donors (Lipinski definition) is 0. The van der Waals surface area contributed by atoms with Crippen LogP contribution in [0.1, 0.15) is 5.76 Å². The van der Waals surface area contributed by atoms with Crippen LogP contribution in [-0.2, 0) is 0 Å². The predicted octanol–water partition coefficient (Wildman–Crippen LogP) is 2.90. The molecule has 0 unspecified atom stereocenters. The summed E-state index contributed by atoms with van der Waals surface area (Å²) in [5.41, 5.74) is 0. The van der Waals surface area contributed by atoms with Crippen LogP contribution in [0.3, 0.4) is 0 Å². The smallest absolute Gasteiger partial charge is 0.165 e. The van der Waals surface area contributed by atoms with Gasteiger partial charge in [-0.05, 0) is 24.3 Å².